The van der Waals surface area contributed by atoms with Crippen LogP contribution in [0.2, 0.25) is 0 Å². The van der Waals surface area contributed by atoms with E-state index in [1.807, 2.05) is 24.3 Å². The third kappa shape index (κ3) is 2.54. The number of nitrogens with zero attached hydrogens (tertiary/aromatic N) is 3. The van der Waals surface area contributed by atoms with Crippen LogP contribution in [0.25, 0.3) is 10.8 Å². The van der Waals surface area contributed by atoms with E-state index in [1.165, 1.54) is 6.39 Å². The average molecular weight is 270 g/mol. The smallest absolute Gasteiger partial charge is 0.213 e. The van der Waals surface area contributed by atoms with Crippen molar-refractivity contribution in [2.45, 2.75) is 6.42 Å². The Labute approximate surface area is 115 Å². The number of fused-ring (bicyclic) bond motifs is 1. The molecule has 2 heterocycles. The number of methoxy groups -OCH3 is 1. The van der Waals surface area contributed by atoms with E-state index >= 15 is 0 Å². The lowest BCUT2D eigenvalue weighted by Gasteiger charge is -2.09. The maximum absolute atomic E-state index is 5.25. The summed E-state index contributed by atoms with van der Waals surface area (Å²) < 4.78 is 9.95. The summed E-state index contributed by atoms with van der Waals surface area (Å²) in [6.45, 7) is 0.683. The fourth-order valence-electron chi connectivity index (χ4n) is 2.01. The second-order valence-corrected chi connectivity index (χ2v) is 4.27. The topological polar surface area (TPSA) is 73.1 Å². The van der Waals surface area contributed by atoms with Gasteiger partial charge in [0.25, 0.3) is 0 Å². The van der Waals surface area contributed by atoms with Crippen molar-refractivity contribution in [1.29, 1.82) is 0 Å². The van der Waals surface area contributed by atoms with Crippen LogP contribution < -0.4 is 10.1 Å². The first-order valence-corrected chi connectivity index (χ1v) is 6.29. The highest BCUT2D eigenvalue weighted by atomic mass is 16.5. The van der Waals surface area contributed by atoms with Crippen LogP contribution in [0.15, 0.2) is 41.4 Å². The summed E-state index contributed by atoms with van der Waals surface area (Å²) >= 11 is 0. The summed E-state index contributed by atoms with van der Waals surface area (Å²) in [5, 5.41) is 9.20. The normalized spacial score (nSPS) is 10.7. The third-order valence-electron chi connectivity index (χ3n) is 3.02. The molecule has 0 saturated carbocycles. The first-order valence-electron chi connectivity index (χ1n) is 6.29. The molecular formula is C14H14N4O2. The van der Waals surface area contributed by atoms with Crippen molar-refractivity contribution in [2.75, 3.05) is 19.0 Å². The Bertz CT molecular complexity index is 697. The van der Waals surface area contributed by atoms with Gasteiger partial charge < -0.3 is 14.6 Å². The van der Waals surface area contributed by atoms with Crippen molar-refractivity contribution in [3.8, 4) is 5.75 Å². The summed E-state index contributed by atoms with van der Waals surface area (Å²) in [5.74, 6) is 2.31. The molecule has 0 spiro atoms. The highest BCUT2D eigenvalue weighted by molar-refractivity contribution is 5.92. The lowest BCUT2D eigenvalue weighted by Crippen LogP contribution is -2.07. The number of benzene rings is 1. The van der Waals surface area contributed by atoms with Crippen LogP contribution in [-0.2, 0) is 6.42 Å². The predicted octanol–water partition coefficient (Wildman–Crippen LogP) is 2.28. The molecule has 0 fully saturated rings. The molecule has 102 valence electrons. The molecule has 0 bridgehead atoms. The van der Waals surface area contributed by atoms with Crippen LogP contribution >= 0.6 is 0 Å². The lowest BCUT2D eigenvalue weighted by molar-refractivity contribution is 0.410. The summed E-state index contributed by atoms with van der Waals surface area (Å²) in [5.41, 5.74) is 0. The van der Waals surface area contributed by atoms with Gasteiger partial charge in [0.1, 0.15) is 11.6 Å². The van der Waals surface area contributed by atoms with E-state index in [4.69, 9.17) is 9.26 Å². The molecule has 2 aromatic heterocycles. The van der Waals surface area contributed by atoms with Crippen LogP contribution in [0.5, 0.6) is 5.75 Å². The Morgan fingerprint density at radius 1 is 1.25 bits per heavy atom. The molecule has 0 unspecified atom stereocenters. The summed E-state index contributed by atoms with van der Waals surface area (Å²) in [6, 6.07) is 7.89. The highest BCUT2D eigenvalue weighted by Crippen LogP contribution is 2.25. The van der Waals surface area contributed by atoms with E-state index in [0.29, 0.717) is 18.8 Å². The molecular weight excluding hydrogens is 256 g/mol. The average Bonchev–Trinajstić information content (AvgIpc) is 3.00. The summed E-state index contributed by atoms with van der Waals surface area (Å²) in [4.78, 5) is 8.35. The number of rotatable bonds is 5. The first-order chi connectivity index (χ1) is 9.86. The maximum Gasteiger partial charge on any atom is 0.213 e. The van der Waals surface area contributed by atoms with Crippen molar-refractivity contribution >= 4 is 16.6 Å². The van der Waals surface area contributed by atoms with E-state index in [9.17, 15) is 0 Å². The van der Waals surface area contributed by atoms with Gasteiger partial charge in [0.2, 0.25) is 6.39 Å². The molecule has 20 heavy (non-hydrogen) atoms. The minimum atomic E-state index is 0.676. The van der Waals surface area contributed by atoms with Crippen LogP contribution in [0.3, 0.4) is 0 Å². The Morgan fingerprint density at radius 3 is 3.00 bits per heavy atom. The van der Waals surface area contributed by atoms with Gasteiger partial charge in [-0.2, -0.15) is 4.98 Å². The maximum atomic E-state index is 5.25. The SMILES string of the molecule is COc1ccc2ccnc(NCCc3ncon3)c2c1. The monoisotopic (exact) mass is 270 g/mol. The molecule has 3 rings (SSSR count). The van der Waals surface area contributed by atoms with Crippen LogP contribution in [-0.4, -0.2) is 28.8 Å². The van der Waals surface area contributed by atoms with Gasteiger partial charge in [-0.15, -0.1) is 0 Å². The number of anilines is 1. The van der Waals surface area contributed by atoms with Crippen molar-refractivity contribution in [3.63, 3.8) is 0 Å². The van der Waals surface area contributed by atoms with Crippen LogP contribution in [0.1, 0.15) is 5.82 Å². The molecule has 0 amide bonds. The minimum Gasteiger partial charge on any atom is -0.497 e. The molecule has 0 radical (unpaired) electrons. The standard InChI is InChI=1S/C14H14N4O2/c1-19-11-3-2-10-4-6-15-14(12(10)8-11)16-7-5-13-17-9-20-18-13/h2-4,6,8-9H,5,7H2,1H3,(H,15,16). The van der Waals surface area contributed by atoms with Gasteiger partial charge >= 0.3 is 0 Å². The molecule has 6 nitrogen and oxygen atoms in total. The van der Waals surface area contributed by atoms with Gasteiger partial charge in [-0.25, -0.2) is 4.98 Å². The third-order valence-corrected chi connectivity index (χ3v) is 3.02. The number of nitrogens with one attached hydrogen (secondary N) is 1. The van der Waals surface area contributed by atoms with Gasteiger partial charge in [-0.05, 0) is 23.6 Å². The van der Waals surface area contributed by atoms with Gasteiger partial charge in [0, 0.05) is 24.5 Å². The molecule has 0 saturated heterocycles. The zero-order valence-electron chi connectivity index (χ0n) is 11.0. The quantitative estimate of drug-likeness (QED) is 0.766. The number of ether oxygens (including phenoxy) is 1. The van der Waals surface area contributed by atoms with E-state index in [-0.39, 0.29) is 0 Å². The highest BCUT2D eigenvalue weighted by Gasteiger charge is 2.04. The molecule has 0 aliphatic rings. The molecule has 1 aromatic carbocycles. The second kappa shape index (κ2) is 5.56. The Morgan fingerprint density at radius 2 is 2.20 bits per heavy atom. The van der Waals surface area contributed by atoms with E-state index in [2.05, 4.69) is 20.4 Å². The van der Waals surface area contributed by atoms with E-state index in [1.54, 1.807) is 13.3 Å². The first kappa shape index (κ1) is 12.4. The fraction of sp³-hybridized carbons (Fsp3) is 0.214. The van der Waals surface area contributed by atoms with Crippen molar-refractivity contribution < 1.29 is 9.26 Å². The Balaban J connectivity index is 1.79. The van der Waals surface area contributed by atoms with Crippen molar-refractivity contribution in [2.24, 2.45) is 0 Å². The van der Waals surface area contributed by atoms with Gasteiger partial charge in [-0.1, -0.05) is 11.2 Å². The van der Waals surface area contributed by atoms with Crippen LogP contribution in [0.4, 0.5) is 5.82 Å². The van der Waals surface area contributed by atoms with Crippen molar-refractivity contribution in [1.82, 2.24) is 15.1 Å². The molecule has 0 aliphatic carbocycles. The number of hydrogen-bond acceptors (Lipinski definition) is 6. The zero-order valence-corrected chi connectivity index (χ0v) is 11.0. The van der Waals surface area contributed by atoms with Gasteiger partial charge in [0.15, 0.2) is 5.82 Å². The van der Waals surface area contributed by atoms with Gasteiger partial charge in [0.05, 0.1) is 7.11 Å². The molecule has 0 aliphatic heterocycles. The molecule has 6 heteroatoms. The minimum absolute atomic E-state index is 0.676. The lowest BCUT2D eigenvalue weighted by atomic mass is 10.1. The fourth-order valence-corrected chi connectivity index (χ4v) is 2.01. The van der Waals surface area contributed by atoms with Crippen molar-refractivity contribution in [3.05, 3.63) is 42.7 Å². The Hall–Kier alpha value is -2.63. The second-order valence-electron chi connectivity index (χ2n) is 4.27. The summed E-state index contributed by atoms with van der Waals surface area (Å²) in [7, 11) is 1.65. The summed E-state index contributed by atoms with van der Waals surface area (Å²) in [6.07, 6.45) is 3.79. The van der Waals surface area contributed by atoms with Gasteiger partial charge in [-0.3, -0.25) is 0 Å². The molecule has 3 aromatic rings. The zero-order chi connectivity index (χ0) is 13.8. The molecule has 0 atom stereocenters. The number of pyridine rings is 1. The largest absolute Gasteiger partial charge is 0.497 e. The van der Waals surface area contributed by atoms with Crippen LogP contribution in [0, 0.1) is 0 Å². The number of hydrogen-bond donors (Lipinski definition) is 1. The van der Waals surface area contributed by atoms with E-state index in [0.717, 1.165) is 22.3 Å². The number of aromatic nitrogens is 3. The molecule has 1 N–H and O–H groups in total. The van der Waals surface area contributed by atoms with E-state index < -0.39 is 0 Å². The predicted molar refractivity (Wildman–Crippen MR) is 74.8 cm³/mol. The Kier molecular flexibility index (Phi) is 3.45.